The molecule has 0 saturated carbocycles. The number of carboxylic acids is 1. The summed E-state index contributed by atoms with van der Waals surface area (Å²) in [7, 11) is 0. The van der Waals surface area contributed by atoms with Crippen molar-refractivity contribution in [2.45, 2.75) is 13.8 Å². The molecule has 0 unspecified atom stereocenters. The van der Waals surface area contributed by atoms with Crippen molar-refractivity contribution < 1.29 is 39.9 Å². The van der Waals surface area contributed by atoms with Crippen molar-refractivity contribution in [1.29, 1.82) is 0 Å². The summed E-state index contributed by atoms with van der Waals surface area (Å²) in [6.45, 7) is 2.17. The van der Waals surface area contributed by atoms with Gasteiger partial charge in [-0.2, -0.15) is 0 Å². The Morgan fingerprint density at radius 3 is 1.36 bits per heavy atom. The summed E-state index contributed by atoms with van der Waals surface area (Å²) in [6.07, 6.45) is 0. The van der Waals surface area contributed by atoms with E-state index < -0.39 is 23.5 Å². The van der Waals surface area contributed by atoms with Crippen LogP contribution in [0.2, 0.25) is 0 Å². The summed E-state index contributed by atoms with van der Waals surface area (Å²) in [5.41, 5.74) is 0. The number of carbonyl (C=O) groups excluding carboxylic acids is 2. The third-order valence-electron chi connectivity index (χ3n) is 1.06. The van der Waals surface area contributed by atoms with E-state index in [2.05, 4.69) is 0 Å². The van der Waals surface area contributed by atoms with Gasteiger partial charge in [0.1, 0.15) is 0 Å². The molecular formula is C6H8O4Pd. The molecule has 0 aliphatic rings. The van der Waals surface area contributed by atoms with E-state index in [1.54, 1.807) is 0 Å². The van der Waals surface area contributed by atoms with Gasteiger partial charge in [-0.15, -0.1) is 0 Å². The van der Waals surface area contributed by atoms with Crippen molar-refractivity contribution in [2.24, 2.45) is 5.92 Å². The van der Waals surface area contributed by atoms with Crippen LogP contribution in [-0.2, 0) is 34.8 Å². The average Bonchev–Trinajstić information content (AvgIpc) is 1.59. The molecule has 0 aliphatic heterocycles. The third-order valence-corrected chi connectivity index (χ3v) is 1.06. The molecule has 0 atom stereocenters. The van der Waals surface area contributed by atoms with Crippen LogP contribution in [-0.4, -0.2) is 22.6 Å². The molecule has 5 heteroatoms. The fourth-order valence-corrected chi connectivity index (χ4v) is 0.634. The molecule has 4 nitrogen and oxygen atoms in total. The Balaban J connectivity index is 0. The van der Waals surface area contributed by atoms with Gasteiger partial charge < -0.3 is 5.11 Å². The Morgan fingerprint density at radius 2 is 1.36 bits per heavy atom. The van der Waals surface area contributed by atoms with Gasteiger partial charge in [-0.3, -0.25) is 14.4 Å². The normalized spacial score (nSPS) is 8.64. The average molecular weight is 251 g/mol. The van der Waals surface area contributed by atoms with Gasteiger partial charge in [0.25, 0.3) is 0 Å². The Hall–Kier alpha value is -0.528. The van der Waals surface area contributed by atoms with Crippen LogP contribution < -0.4 is 0 Å². The van der Waals surface area contributed by atoms with Gasteiger partial charge >= 0.3 is 5.97 Å². The van der Waals surface area contributed by atoms with Crippen molar-refractivity contribution in [1.82, 2.24) is 0 Å². The first-order valence-electron chi connectivity index (χ1n) is 2.70. The van der Waals surface area contributed by atoms with Crippen LogP contribution in [0.4, 0.5) is 0 Å². The quantitative estimate of drug-likeness (QED) is 0.559. The number of Topliss-reactive ketones (excluding diaryl/α,β-unsaturated/α-hetero) is 2. The zero-order valence-corrected chi connectivity index (χ0v) is 7.62. The van der Waals surface area contributed by atoms with Crippen molar-refractivity contribution in [2.75, 3.05) is 0 Å². The number of aliphatic carboxylic acids is 1. The molecule has 0 amide bonds. The number of hydrogen-bond acceptors (Lipinski definition) is 3. The summed E-state index contributed by atoms with van der Waals surface area (Å²) < 4.78 is 0. The van der Waals surface area contributed by atoms with Gasteiger partial charge in [-0.1, -0.05) is 0 Å². The fourth-order valence-electron chi connectivity index (χ4n) is 0.634. The van der Waals surface area contributed by atoms with Gasteiger partial charge in [0.05, 0.1) is 0 Å². The van der Waals surface area contributed by atoms with E-state index >= 15 is 0 Å². The number of hydrogen-bond donors (Lipinski definition) is 1. The zero-order chi connectivity index (χ0) is 8.31. The van der Waals surface area contributed by atoms with Crippen LogP contribution in [0.5, 0.6) is 0 Å². The number of carboxylic acid groups (broad SMARTS) is 1. The fraction of sp³-hybridized carbons (Fsp3) is 0.500. The van der Waals surface area contributed by atoms with Crippen LogP contribution in [0, 0.1) is 5.92 Å². The van der Waals surface area contributed by atoms with Gasteiger partial charge in [-0.05, 0) is 13.8 Å². The van der Waals surface area contributed by atoms with Crippen LogP contribution in [0.15, 0.2) is 0 Å². The molecule has 0 radical (unpaired) electrons. The van der Waals surface area contributed by atoms with E-state index in [1.165, 1.54) is 0 Å². The molecule has 0 aromatic rings. The van der Waals surface area contributed by atoms with Crippen LogP contribution in [0.1, 0.15) is 13.8 Å². The number of carbonyl (C=O) groups is 3. The number of rotatable bonds is 3. The van der Waals surface area contributed by atoms with Crippen LogP contribution in [0.25, 0.3) is 0 Å². The second-order valence-corrected chi connectivity index (χ2v) is 1.99. The van der Waals surface area contributed by atoms with Gasteiger partial charge in [0, 0.05) is 20.4 Å². The maximum Gasteiger partial charge on any atom is 0.321 e. The minimum absolute atomic E-state index is 0. The molecule has 1 N–H and O–H groups in total. The minimum Gasteiger partial charge on any atom is -0.480 e. The maximum atomic E-state index is 10.4. The van der Waals surface area contributed by atoms with E-state index in [1.807, 2.05) is 0 Å². The van der Waals surface area contributed by atoms with Gasteiger partial charge in [0.2, 0.25) is 0 Å². The number of ketones is 2. The van der Waals surface area contributed by atoms with E-state index in [-0.39, 0.29) is 20.4 Å². The monoisotopic (exact) mass is 250 g/mol. The molecule has 0 aromatic carbocycles. The molecule has 0 rings (SSSR count). The summed E-state index contributed by atoms with van der Waals surface area (Å²) in [5, 5.41) is 8.27. The molecule has 0 aliphatic carbocycles. The first-order chi connectivity index (χ1) is 4.46. The second kappa shape index (κ2) is 5.17. The minimum atomic E-state index is -1.47. The maximum absolute atomic E-state index is 10.4. The predicted molar refractivity (Wildman–Crippen MR) is 32.5 cm³/mol. The predicted octanol–water partition coefficient (Wildman–Crippen LogP) is -0.137. The third kappa shape index (κ3) is 4.02. The van der Waals surface area contributed by atoms with Crippen molar-refractivity contribution in [3.05, 3.63) is 0 Å². The first kappa shape index (κ1) is 13.1. The standard InChI is InChI=1S/C6H8O4.Pd/c1-3(7)5(4(2)8)6(9)10;/h5H,1-2H3,(H,9,10);. The smallest absolute Gasteiger partial charge is 0.321 e. The summed E-state index contributed by atoms with van der Waals surface area (Å²) in [6, 6.07) is 0. The van der Waals surface area contributed by atoms with E-state index in [4.69, 9.17) is 5.11 Å². The van der Waals surface area contributed by atoms with E-state index in [0.29, 0.717) is 0 Å². The van der Waals surface area contributed by atoms with Crippen LogP contribution in [0.3, 0.4) is 0 Å². The Morgan fingerprint density at radius 1 is 1.09 bits per heavy atom. The van der Waals surface area contributed by atoms with Crippen molar-refractivity contribution in [3.63, 3.8) is 0 Å². The van der Waals surface area contributed by atoms with E-state index in [0.717, 1.165) is 13.8 Å². The Labute approximate surface area is 77.6 Å². The Kier molecular flexibility index (Phi) is 6.15. The molecular weight excluding hydrogens is 242 g/mol. The molecule has 66 valence electrons. The summed E-state index contributed by atoms with van der Waals surface area (Å²) in [5.74, 6) is -4.10. The van der Waals surface area contributed by atoms with Crippen molar-refractivity contribution in [3.8, 4) is 0 Å². The molecule has 0 saturated heterocycles. The Bertz CT molecular complexity index is 154. The van der Waals surface area contributed by atoms with Crippen LogP contribution >= 0.6 is 0 Å². The molecule has 0 spiro atoms. The molecule has 0 fully saturated rings. The summed E-state index contributed by atoms with van der Waals surface area (Å²) in [4.78, 5) is 31.0. The molecule has 0 aromatic heterocycles. The molecule has 0 bridgehead atoms. The van der Waals surface area contributed by atoms with Gasteiger partial charge in [0.15, 0.2) is 17.5 Å². The topological polar surface area (TPSA) is 71.4 Å². The summed E-state index contributed by atoms with van der Waals surface area (Å²) >= 11 is 0. The van der Waals surface area contributed by atoms with E-state index in [9.17, 15) is 14.4 Å². The molecule has 0 heterocycles. The SMILES string of the molecule is CC(=O)C(C(C)=O)C(=O)O.[Pd]. The first-order valence-corrected chi connectivity index (χ1v) is 2.70. The van der Waals surface area contributed by atoms with Gasteiger partial charge in [-0.25, -0.2) is 0 Å². The zero-order valence-electron chi connectivity index (χ0n) is 6.07. The molecule has 11 heavy (non-hydrogen) atoms. The van der Waals surface area contributed by atoms with Crippen molar-refractivity contribution >= 4 is 17.5 Å². The second-order valence-electron chi connectivity index (χ2n) is 1.99. The largest absolute Gasteiger partial charge is 0.480 e.